The highest BCUT2D eigenvalue weighted by atomic mass is 16.4. The minimum Gasteiger partial charge on any atom is -0.481 e. The highest BCUT2D eigenvalue weighted by Crippen LogP contribution is 2.21. The van der Waals surface area contributed by atoms with Gasteiger partial charge in [-0.1, -0.05) is 0 Å². The standard InChI is InChI=1S/C13H23N3O4/c1-9(12(19)14-2)15-13(20)16-7-3-4-10(8-16)5-6-11(17)18/h9-10H,3-8H2,1-2H3,(H,14,19)(H,15,20)(H,17,18). The third kappa shape index (κ3) is 5.07. The van der Waals surface area contributed by atoms with Gasteiger partial charge in [0.2, 0.25) is 5.91 Å². The van der Waals surface area contributed by atoms with Crippen molar-refractivity contribution < 1.29 is 19.5 Å². The number of carbonyl (C=O) groups excluding carboxylic acids is 2. The fraction of sp³-hybridized carbons (Fsp3) is 0.769. The highest BCUT2D eigenvalue weighted by Gasteiger charge is 2.25. The van der Waals surface area contributed by atoms with E-state index in [4.69, 9.17) is 5.11 Å². The summed E-state index contributed by atoms with van der Waals surface area (Å²) in [4.78, 5) is 35.6. The molecular formula is C13H23N3O4. The fourth-order valence-electron chi connectivity index (χ4n) is 2.37. The third-order valence-corrected chi connectivity index (χ3v) is 3.55. The lowest BCUT2D eigenvalue weighted by atomic mass is 9.93. The minimum atomic E-state index is -0.806. The van der Waals surface area contributed by atoms with E-state index in [1.807, 2.05) is 0 Å². The van der Waals surface area contributed by atoms with Crippen LogP contribution in [0.25, 0.3) is 0 Å². The zero-order chi connectivity index (χ0) is 15.1. The van der Waals surface area contributed by atoms with Gasteiger partial charge in [0.1, 0.15) is 6.04 Å². The van der Waals surface area contributed by atoms with Crippen molar-refractivity contribution in [3.8, 4) is 0 Å². The van der Waals surface area contributed by atoms with Gasteiger partial charge in [0, 0.05) is 26.6 Å². The average molecular weight is 285 g/mol. The second kappa shape index (κ2) is 7.72. The van der Waals surface area contributed by atoms with Crippen LogP contribution in [0.4, 0.5) is 4.79 Å². The molecule has 2 atom stereocenters. The van der Waals surface area contributed by atoms with Crippen LogP contribution >= 0.6 is 0 Å². The number of rotatable bonds is 5. The van der Waals surface area contributed by atoms with E-state index in [1.54, 1.807) is 11.8 Å². The number of amides is 3. The second-order valence-corrected chi connectivity index (χ2v) is 5.17. The Balaban J connectivity index is 2.43. The monoisotopic (exact) mass is 285 g/mol. The summed E-state index contributed by atoms with van der Waals surface area (Å²) in [6.45, 7) is 2.83. The van der Waals surface area contributed by atoms with Gasteiger partial charge in [-0.2, -0.15) is 0 Å². The first-order valence-electron chi connectivity index (χ1n) is 6.93. The average Bonchev–Trinajstić information content (AvgIpc) is 2.44. The topological polar surface area (TPSA) is 98.7 Å². The van der Waals surface area contributed by atoms with E-state index >= 15 is 0 Å². The van der Waals surface area contributed by atoms with Crippen LogP contribution in [0.3, 0.4) is 0 Å². The number of carboxylic acids is 1. The molecule has 1 rings (SSSR count). The molecule has 0 saturated carbocycles. The van der Waals surface area contributed by atoms with E-state index in [0.717, 1.165) is 12.8 Å². The molecule has 7 heteroatoms. The molecule has 3 N–H and O–H groups in total. The number of hydrogen-bond acceptors (Lipinski definition) is 3. The van der Waals surface area contributed by atoms with Crippen molar-refractivity contribution in [1.29, 1.82) is 0 Å². The van der Waals surface area contributed by atoms with E-state index in [-0.39, 0.29) is 24.3 Å². The molecule has 3 amide bonds. The summed E-state index contributed by atoms with van der Waals surface area (Å²) in [7, 11) is 1.52. The Morgan fingerprint density at radius 2 is 2.10 bits per heavy atom. The molecule has 114 valence electrons. The molecule has 0 spiro atoms. The smallest absolute Gasteiger partial charge is 0.318 e. The molecule has 2 unspecified atom stereocenters. The lowest BCUT2D eigenvalue weighted by Gasteiger charge is -2.33. The number of nitrogens with zero attached hydrogens (tertiary/aromatic N) is 1. The Hall–Kier alpha value is -1.79. The van der Waals surface area contributed by atoms with Crippen molar-refractivity contribution in [2.45, 2.75) is 38.6 Å². The molecule has 1 aliphatic rings. The third-order valence-electron chi connectivity index (χ3n) is 3.55. The molecule has 0 aromatic carbocycles. The van der Waals surface area contributed by atoms with Crippen molar-refractivity contribution in [2.24, 2.45) is 5.92 Å². The van der Waals surface area contributed by atoms with Crippen molar-refractivity contribution in [1.82, 2.24) is 15.5 Å². The predicted octanol–water partition coefficient (Wildman–Crippen LogP) is 0.407. The summed E-state index contributed by atoms with van der Waals surface area (Å²) in [5.74, 6) is -0.821. The van der Waals surface area contributed by atoms with Gasteiger partial charge >= 0.3 is 12.0 Å². The van der Waals surface area contributed by atoms with E-state index in [9.17, 15) is 14.4 Å². The molecule has 0 aliphatic carbocycles. The summed E-state index contributed by atoms with van der Waals surface area (Å²) in [5.41, 5.74) is 0. The van der Waals surface area contributed by atoms with Crippen molar-refractivity contribution in [2.75, 3.05) is 20.1 Å². The Labute approximate surface area is 118 Å². The number of nitrogens with one attached hydrogen (secondary N) is 2. The fourth-order valence-corrected chi connectivity index (χ4v) is 2.37. The summed E-state index contributed by atoms with van der Waals surface area (Å²) in [6.07, 6.45) is 2.53. The van der Waals surface area contributed by atoms with Crippen LogP contribution in [0.1, 0.15) is 32.6 Å². The summed E-state index contributed by atoms with van der Waals surface area (Å²) >= 11 is 0. The molecule has 1 heterocycles. The molecule has 0 radical (unpaired) electrons. The first-order valence-corrected chi connectivity index (χ1v) is 6.93. The Bertz CT molecular complexity index is 373. The van der Waals surface area contributed by atoms with Crippen LogP contribution in [0.15, 0.2) is 0 Å². The molecular weight excluding hydrogens is 262 g/mol. The maximum absolute atomic E-state index is 12.0. The van der Waals surface area contributed by atoms with E-state index in [2.05, 4.69) is 10.6 Å². The van der Waals surface area contributed by atoms with Gasteiger partial charge in [0.15, 0.2) is 0 Å². The molecule has 0 aromatic rings. The van der Waals surface area contributed by atoms with Crippen LogP contribution in [-0.4, -0.2) is 54.1 Å². The largest absolute Gasteiger partial charge is 0.481 e. The predicted molar refractivity (Wildman–Crippen MR) is 73.2 cm³/mol. The molecule has 0 aromatic heterocycles. The number of aliphatic carboxylic acids is 1. The number of hydrogen-bond donors (Lipinski definition) is 3. The Morgan fingerprint density at radius 3 is 2.70 bits per heavy atom. The SMILES string of the molecule is CNC(=O)C(C)NC(=O)N1CCCC(CCC(=O)O)C1. The highest BCUT2D eigenvalue weighted by molar-refractivity contribution is 5.86. The molecule has 20 heavy (non-hydrogen) atoms. The number of urea groups is 1. The maximum Gasteiger partial charge on any atom is 0.318 e. The van der Waals surface area contributed by atoms with Gasteiger partial charge in [-0.3, -0.25) is 9.59 Å². The van der Waals surface area contributed by atoms with Gasteiger partial charge in [0.25, 0.3) is 0 Å². The quantitative estimate of drug-likeness (QED) is 0.681. The first-order chi connectivity index (χ1) is 9.43. The Kier molecular flexibility index (Phi) is 6.27. The summed E-state index contributed by atoms with van der Waals surface area (Å²) < 4.78 is 0. The van der Waals surface area contributed by atoms with E-state index in [0.29, 0.717) is 19.5 Å². The lowest BCUT2D eigenvalue weighted by molar-refractivity contribution is -0.137. The van der Waals surface area contributed by atoms with Crippen molar-refractivity contribution >= 4 is 17.9 Å². The molecule has 0 bridgehead atoms. The van der Waals surface area contributed by atoms with Crippen LogP contribution in [0.5, 0.6) is 0 Å². The molecule has 1 fully saturated rings. The Morgan fingerprint density at radius 1 is 1.40 bits per heavy atom. The van der Waals surface area contributed by atoms with Gasteiger partial charge in [-0.05, 0) is 32.1 Å². The van der Waals surface area contributed by atoms with Gasteiger partial charge in [0.05, 0.1) is 0 Å². The normalized spacial score (nSPS) is 20.1. The van der Waals surface area contributed by atoms with Gasteiger partial charge in [-0.25, -0.2) is 4.79 Å². The summed E-state index contributed by atoms with van der Waals surface area (Å²) in [5, 5.41) is 13.8. The minimum absolute atomic E-state index is 0.134. The second-order valence-electron chi connectivity index (χ2n) is 5.17. The van der Waals surface area contributed by atoms with Gasteiger partial charge in [-0.15, -0.1) is 0 Å². The first kappa shape index (κ1) is 16.3. The van der Waals surface area contributed by atoms with E-state index in [1.165, 1.54) is 7.05 Å². The molecule has 1 saturated heterocycles. The molecule has 7 nitrogen and oxygen atoms in total. The van der Waals surface area contributed by atoms with Crippen LogP contribution < -0.4 is 10.6 Å². The molecule has 1 aliphatic heterocycles. The number of piperidine rings is 1. The van der Waals surface area contributed by atoms with Crippen molar-refractivity contribution in [3.05, 3.63) is 0 Å². The lowest BCUT2D eigenvalue weighted by Crippen LogP contribution is -2.51. The van der Waals surface area contributed by atoms with E-state index < -0.39 is 12.0 Å². The van der Waals surface area contributed by atoms with Crippen LogP contribution in [-0.2, 0) is 9.59 Å². The zero-order valence-electron chi connectivity index (χ0n) is 12.0. The zero-order valence-corrected chi connectivity index (χ0v) is 12.0. The number of carbonyl (C=O) groups is 3. The number of likely N-dealkylation sites (tertiary alicyclic amines) is 1. The number of carboxylic acid groups (broad SMARTS) is 1. The van der Waals surface area contributed by atoms with Crippen LogP contribution in [0.2, 0.25) is 0 Å². The summed E-state index contributed by atoms with van der Waals surface area (Å²) in [6, 6.07) is -0.840. The van der Waals surface area contributed by atoms with Gasteiger partial charge < -0.3 is 20.6 Å². The van der Waals surface area contributed by atoms with Crippen LogP contribution in [0, 0.1) is 5.92 Å². The van der Waals surface area contributed by atoms with Crippen molar-refractivity contribution in [3.63, 3.8) is 0 Å². The number of likely N-dealkylation sites (N-methyl/N-ethyl adjacent to an activating group) is 1. The maximum atomic E-state index is 12.0.